The average molecular weight is 394 g/mol. The van der Waals surface area contributed by atoms with Gasteiger partial charge < -0.3 is 19.3 Å². The zero-order chi connectivity index (χ0) is 20.5. The second-order valence-electron chi connectivity index (χ2n) is 7.86. The Kier molecular flexibility index (Phi) is 5.18. The van der Waals surface area contributed by atoms with Gasteiger partial charge in [0.05, 0.1) is 5.92 Å². The predicted octanol–water partition coefficient (Wildman–Crippen LogP) is 3.09. The third-order valence-electron chi connectivity index (χ3n) is 5.59. The first kappa shape index (κ1) is 19.3. The summed E-state index contributed by atoms with van der Waals surface area (Å²) in [6, 6.07) is 11.7. The lowest BCUT2D eigenvalue weighted by Crippen LogP contribution is -2.34. The van der Waals surface area contributed by atoms with Gasteiger partial charge >= 0.3 is 0 Å². The summed E-state index contributed by atoms with van der Waals surface area (Å²) >= 11 is 0. The molecule has 0 N–H and O–H groups in total. The van der Waals surface area contributed by atoms with Gasteiger partial charge in [-0.25, -0.2) is 0 Å². The highest BCUT2D eigenvalue weighted by atomic mass is 16.6. The smallest absolute Gasteiger partial charge is 0.228 e. The Morgan fingerprint density at radius 1 is 1.10 bits per heavy atom. The van der Waals surface area contributed by atoms with Crippen molar-refractivity contribution >= 4 is 17.5 Å². The van der Waals surface area contributed by atoms with E-state index in [-0.39, 0.29) is 24.2 Å². The fourth-order valence-electron chi connectivity index (χ4n) is 3.99. The Morgan fingerprint density at radius 3 is 2.62 bits per heavy atom. The minimum Gasteiger partial charge on any atom is -0.486 e. The molecule has 6 nitrogen and oxygen atoms in total. The lowest BCUT2D eigenvalue weighted by atomic mass is 10.0. The third kappa shape index (κ3) is 3.92. The summed E-state index contributed by atoms with van der Waals surface area (Å²) in [6.45, 7) is 6.06. The molecule has 4 rings (SSSR count). The van der Waals surface area contributed by atoms with Gasteiger partial charge in [-0.2, -0.15) is 0 Å². The molecule has 0 aliphatic carbocycles. The van der Waals surface area contributed by atoms with E-state index in [9.17, 15) is 9.59 Å². The zero-order valence-corrected chi connectivity index (χ0v) is 17.1. The summed E-state index contributed by atoms with van der Waals surface area (Å²) < 4.78 is 11.2. The van der Waals surface area contributed by atoms with Crippen molar-refractivity contribution in [3.63, 3.8) is 0 Å². The van der Waals surface area contributed by atoms with Crippen LogP contribution in [0.3, 0.4) is 0 Å². The molecule has 6 heteroatoms. The number of rotatable bonds is 4. The van der Waals surface area contributed by atoms with Gasteiger partial charge in [0, 0.05) is 38.3 Å². The maximum Gasteiger partial charge on any atom is 0.228 e. The van der Waals surface area contributed by atoms with Crippen LogP contribution in [0.2, 0.25) is 0 Å². The number of nitrogens with zero attached hydrogens (tertiary/aromatic N) is 2. The minimum atomic E-state index is -0.341. The van der Waals surface area contributed by atoms with Crippen LogP contribution in [0.5, 0.6) is 11.5 Å². The number of fused-ring (bicyclic) bond motifs is 1. The highest BCUT2D eigenvalue weighted by Crippen LogP contribution is 2.36. The van der Waals surface area contributed by atoms with Gasteiger partial charge in [0.1, 0.15) is 13.2 Å². The molecule has 2 aliphatic heterocycles. The molecule has 0 unspecified atom stereocenters. The Labute approximate surface area is 171 Å². The lowest BCUT2D eigenvalue weighted by Gasteiger charge is -2.23. The van der Waals surface area contributed by atoms with E-state index in [1.54, 1.807) is 16.8 Å². The summed E-state index contributed by atoms with van der Waals surface area (Å²) in [5, 5.41) is 0. The van der Waals surface area contributed by atoms with E-state index in [4.69, 9.17) is 9.47 Å². The molecule has 0 radical (unpaired) electrons. The number of ether oxygens (including phenoxy) is 2. The predicted molar refractivity (Wildman–Crippen MR) is 110 cm³/mol. The molecule has 2 aromatic carbocycles. The number of anilines is 1. The van der Waals surface area contributed by atoms with E-state index in [0.717, 1.165) is 11.3 Å². The van der Waals surface area contributed by atoms with Crippen molar-refractivity contribution in [1.29, 1.82) is 0 Å². The van der Waals surface area contributed by atoms with Gasteiger partial charge in [-0.1, -0.05) is 23.8 Å². The number of benzene rings is 2. The topological polar surface area (TPSA) is 59.1 Å². The summed E-state index contributed by atoms with van der Waals surface area (Å²) in [6.07, 6.45) is 0.227. The average Bonchev–Trinajstić information content (AvgIpc) is 3.10. The SMILES string of the molecule is Cc1ccc(CN(C)C(=O)[C@@H]2CC(=O)N(c3ccc4c(c3)OCCO4)C2)c(C)c1. The summed E-state index contributed by atoms with van der Waals surface area (Å²) in [5.74, 6) is 0.945. The van der Waals surface area contributed by atoms with Gasteiger partial charge in [-0.3, -0.25) is 9.59 Å². The Morgan fingerprint density at radius 2 is 1.86 bits per heavy atom. The molecule has 2 amide bonds. The normalized spacial score (nSPS) is 18.1. The highest BCUT2D eigenvalue weighted by Gasteiger charge is 2.37. The highest BCUT2D eigenvalue weighted by molar-refractivity contribution is 6.00. The van der Waals surface area contributed by atoms with Crippen molar-refractivity contribution in [1.82, 2.24) is 4.90 Å². The Balaban J connectivity index is 1.45. The van der Waals surface area contributed by atoms with Gasteiger partial charge in [-0.05, 0) is 37.1 Å². The van der Waals surface area contributed by atoms with E-state index >= 15 is 0 Å². The molecule has 2 aliphatic rings. The number of amides is 2. The number of aryl methyl sites for hydroxylation is 2. The molecule has 2 aromatic rings. The van der Waals surface area contributed by atoms with Gasteiger partial charge in [0.15, 0.2) is 11.5 Å². The van der Waals surface area contributed by atoms with Crippen molar-refractivity contribution < 1.29 is 19.1 Å². The van der Waals surface area contributed by atoms with Crippen LogP contribution in [0.4, 0.5) is 5.69 Å². The molecule has 1 atom stereocenters. The maximum absolute atomic E-state index is 13.0. The molecule has 0 spiro atoms. The summed E-state index contributed by atoms with van der Waals surface area (Å²) in [4.78, 5) is 29.0. The van der Waals surface area contributed by atoms with Crippen molar-refractivity contribution in [2.24, 2.45) is 5.92 Å². The number of carbonyl (C=O) groups excluding carboxylic acids is 2. The van der Waals surface area contributed by atoms with Crippen LogP contribution in [0.25, 0.3) is 0 Å². The van der Waals surface area contributed by atoms with Crippen LogP contribution in [0, 0.1) is 19.8 Å². The molecule has 2 heterocycles. The van der Waals surface area contributed by atoms with Gasteiger partial charge in [0.2, 0.25) is 11.8 Å². The second kappa shape index (κ2) is 7.78. The minimum absolute atomic E-state index is 0.00151. The molecule has 0 aromatic heterocycles. The lowest BCUT2D eigenvalue weighted by molar-refractivity contribution is -0.135. The molecule has 152 valence electrons. The first-order valence-corrected chi connectivity index (χ1v) is 9.93. The first-order valence-electron chi connectivity index (χ1n) is 9.93. The standard InChI is InChI=1S/C23H26N2O4/c1-15-4-5-17(16(2)10-15)13-24(3)23(27)18-11-22(26)25(14-18)19-6-7-20-21(12-19)29-9-8-28-20/h4-7,10,12,18H,8-9,11,13-14H2,1-3H3/t18-/m1/s1. The van der Waals surface area contributed by atoms with Gasteiger partial charge in [0.25, 0.3) is 0 Å². The Bertz CT molecular complexity index is 956. The fraction of sp³-hybridized carbons (Fsp3) is 0.391. The molecule has 1 fully saturated rings. The molecular formula is C23H26N2O4. The van der Waals surface area contributed by atoms with E-state index in [1.807, 2.05) is 18.2 Å². The molecule has 29 heavy (non-hydrogen) atoms. The largest absolute Gasteiger partial charge is 0.486 e. The fourth-order valence-corrected chi connectivity index (χ4v) is 3.99. The molecule has 1 saturated heterocycles. The van der Waals surface area contributed by atoms with E-state index in [0.29, 0.717) is 37.8 Å². The summed E-state index contributed by atoms with van der Waals surface area (Å²) in [5.41, 5.74) is 4.24. The van der Waals surface area contributed by atoms with Crippen molar-refractivity contribution in [2.45, 2.75) is 26.8 Å². The third-order valence-corrected chi connectivity index (χ3v) is 5.59. The van der Waals surface area contributed by atoms with Gasteiger partial charge in [-0.15, -0.1) is 0 Å². The van der Waals surface area contributed by atoms with Crippen LogP contribution < -0.4 is 14.4 Å². The first-order chi connectivity index (χ1) is 13.9. The van der Waals surface area contributed by atoms with E-state index in [1.165, 1.54) is 11.1 Å². The number of hydrogen-bond acceptors (Lipinski definition) is 4. The maximum atomic E-state index is 13.0. The quantitative estimate of drug-likeness (QED) is 0.800. The Hall–Kier alpha value is -3.02. The molecule has 0 bridgehead atoms. The van der Waals surface area contributed by atoms with Crippen LogP contribution >= 0.6 is 0 Å². The summed E-state index contributed by atoms with van der Waals surface area (Å²) in [7, 11) is 1.80. The molecule has 0 saturated carbocycles. The van der Waals surface area contributed by atoms with Crippen LogP contribution in [-0.4, -0.2) is 43.5 Å². The van der Waals surface area contributed by atoms with Crippen molar-refractivity contribution in [3.05, 3.63) is 53.1 Å². The molecular weight excluding hydrogens is 368 g/mol. The van der Waals surface area contributed by atoms with Crippen LogP contribution in [0.15, 0.2) is 36.4 Å². The number of hydrogen-bond donors (Lipinski definition) is 0. The van der Waals surface area contributed by atoms with Crippen molar-refractivity contribution in [3.8, 4) is 11.5 Å². The van der Waals surface area contributed by atoms with E-state index < -0.39 is 0 Å². The van der Waals surface area contributed by atoms with Crippen molar-refractivity contribution in [2.75, 3.05) is 31.7 Å². The zero-order valence-electron chi connectivity index (χ0n) is 17.1. The van der Waals surface area contributed by atoms with Crippen LogP contribution in [-0.2, 0) is 16.1 Å². The monoisotopic (exact) mass is 394 g/mol. The van der Waals surface area contributed by atoms with Crippen LogP contribution in [0.1, 0.15) is 23.1 Å². The number of carbonyl (C=O) groups is 2. The van der Waals surface area contributed by atoms with E-state index in [2.05, 4.69) is 32.0 Å². The second-order valence-corrected chi connectivity index (χ2v) is 7.86.